The van der Waals surface area contributed by atoms with Crippen molar-refractivity contribution in [3.05, 3.63) is 18.3 Å². The van der Waals surface area contributed by atoms with Gasteiger partial charge in [-0.2, -0.15) is 0 Å². The van der Waals surface area contributed by atoms with Gasteiger partial charge < -0.3 is 30.1 Å². The second-order valence-electron chi connectivity index (χ2n) is 7.36. The molecule has 1 aliphatic heterocycles. The molecule has 1 saturated heterocycles. The van der Waals surface area contributed by atoms with E-state index in [1.165, 1.54) is 6.20 Å². The molecule has 7 nitrogen and oxygen atoms in total. The van der Waals surface area contributed by atoms with Gasteiger partial charge in [0.1, 0.15) is 5.82 Å². The van der Waals surface area contributed by atoms with E-state index in [9.17, 15) is 0 Å². The maximum Gasteiger partial charge on any atom is 0.490 e. The second-order valence-corrected chi connectivity index (χ2v) is 7.36. The van der Waals surface area contributed by atoms with Crippen molar-refractivity contribution in [3.63, 3.8) is 0 Å². The molecule has 0 atom stereocenters. The van der Waals surface area contributed by atoms with Crippen molar-refractivity contribution in [2.75, 3.05) is 37.6 Å². The number of hydrogen-bond donors (Lipinski definition) is 4. The first-order chi connectivity index (χ1) is 11.5. The van der Waals surface area contributed by atoms with Crippen molar-refractivity contribution >= 4 is 18.4 Å². The fourth-order valence-electron chi connectivity index (χ4n) is 2.03. The Balaban J connectivity index is 0.000000333. The van der Waals surface area contributed by atoms with Crippen LogP contribution in [0.2, 0.25) is 0 Å². The summed E-state index contributed by atoms with van der Waals surface area (Å²) in [6, 6.07) is 3.55. The van der Waals surface area contributed by atoms with Gasteiger partial charge in [-0.05, 0) is 40.3 Å². The SMILES string of the molecule is CC(C)(O)C(C)(C)O.CCN1CCN(c2ccc(B(O)O)cn2)CC1. The van der Waals surface area contributed by atoms with Crippen LogP contribution in [0.4, 0.5) is 5.82 Å². The quantitative estimate of drug-likeness (QED) is 0.538. The minimum Gasteiger partial charge on any atom is -0.423 e. The minimum atomic E-state index is -1.44. The average Bonchev–Trinajstić information content (AvgIpc) is 2.54. The van der Waals surface area contributed by atoms with E-state index in [0.717, 1.165) is 38.5 Å². The minimum absolute atomic E-state index is 0.431. The smallest absolute Gasteiger partial charge is 0.423 e. The monoisotopic (exact) mass is 353 g/mol. The van der Waals surface area contributed by atoms with E-state index in [1.807, 2.05) is 6.07 Å². The maximum absolute atomic E-state index is 9.10. The largest absolute Gasteiger partial charge is 0.490 e. The normalized spacial score (nSPS) is 16.3. The van der Waals surface area contributed by atoms with E-state index in [2.05, 4.69) is 21.7 Å². The summed E-state index contributed by atoms with van der Waals surface area (Å²) in [6.07, 6.45) is 1.52. The predicted octanol–water partition coefficient (Wildman–Crippen LogP) is -0.568. The zero-order chi connectivity index (χ0) is 19.3. The number of piperazine rings is 1. The molecule has 1 aliphatic rings. The van der Waals surface area contributed by atoms with Crippen LogP contribution in [0.1, 0.15) is 34.6 Å². The fraction of sp³-hybridized carbons (Fsp3) is 0.706. The molecule has 0 saturated carbocycles. The molecule has 0 amide bonds. The number of pyridine rings is 1. The van der Waals surface area contributed by atoms with E-state index in [-0.39, 0.29) is 0 Å². The summed E-state index contributed by atoms with van der Waals surface area (Å²) in [7, 11) is -1.44. The van der Waals surface area contributed by atoms with Crippen LogP contribution in [0.15, 0.2) is 18.3 Å². The van der Waals surface area contributed by atoms with Crippen molar-refractivity contribution in [1.82, 2.24) is 9.88 Å². The molecule has 25 heavy (non-hydrogen) atoms. The number of hydrogen-bond acceptors (Lipinski definition) is 7. The lowest BCUT2D eigenvalue weighted by Gasteiger charge is -2.34. The lowest BCUT2D eigenvalue weighted by molar-refractivity contribution is -0.107. The Morgan fingerprint density at radius 3 is 1.84 bits per heavy atom. The van der Waals surface area contributed by atoms with E-state index in [0.29, 0.717) is 5.46 Å². The number of rotatable bonds is 4. The van der Waals surface area contributed by atoms with Crippen LogP contribution in [0, 0.1) is 0 Å². The van der Waals surface area contributed by atoms with Crippen LogP contribution in [-0.2, 0) is 0 Å². The van der Waals surface area contributed by atoms with Gasteiger partial charge in [-0.1, -0.05) is 13.0 Å². The Hall–Kier alpha value is -1.19. The molecule has 8 heteroatoms. The van der Waals surface area contributed by atoms with Gasteiger partial charge in [0.05, 0.1) is 11.2 Å². The van der Waals surface area contributed by atoms with Gasteiger partial charge in [0.2, 0.25) is 0 Å². The number of aromatic nitrogens is 1. The summed E-state index contributed by atoms with van der Waals surface area (Å²) in [6.45, 7) is 13.6. The molecule has 1 aromatic rings. The zero-order valence-corrected chi connectivity index (χ0v) is 16.0. The second kappa shape index (κ2) is 8.96. The predicted molar refractivity (Wildman–Crippen MR) is 101 cm³/mol. The van der Waals surface area contributed by atoms with Crippen LogP contribution < -0.4 is 10.4 Å². The van der Waals surface area contributed by atoms with Crippen molar-refractivity contribution in [3.8, 4) is 0 Å². The highest BCUT2D eigenvalue weighted by atomic mass is 16.4. The van der Waals surface area contributed by atoms with Crippen LogP contribution in [0.3, 0.4) is 0 Å². The molecule has 4 N–H and O–H groups in total. The topological polar surface area (TPSA) is 100 Å². The number of nitrogens with zero attached hydrogens (tertiary/aromatic N) is 3. The molecule has 142 valence electrons. The Labute approximate surface area is 151 Å². The Morgan fingerprint density at radius 1 is 1.00 bits per heavy atom. The molecule has 0 radical (unpaired) electrons. The lowest BCUT2D eigenvalue weighted by Crippen LogP contribution is -2.46. The lowest BCUT2D eigenvalue weighted by atomic mass is 9.82. The van der Waals surface area contributed by atoms with Crippen LogP contribution in [-0.4, -0.2) is 81.2 Å². The summed E-state index contributed by atoms with van der Waals surface area (Å²) in [5, 5.41) is 36.2. The molecule has 0 bridgehead atoms. The third-order valence-corrected chi connectivity index (χ3v) is 4.71. The van der Waals surface area contributed by atoms with Crippen LogP contribution in [0.25, 0.3) is 0 Å². The van der Waals surface area contributed by atoms with Crippen LogP contribution in [0.5, 0.6) is 0 Å². The van der Waals surface area contributed by atoms with E-state index in [4.69, 9.17) is 20.3 Å². The first-order valence-corrected chi connectivity index (χ1v) is 8.70. The Kier molecular flexibility index (Phi) is 7.83. The van der Waals surface area contributed by atoms with Gasteiger partial charge >= 0.3 is 7.12 Å². The van der Waals surface area contributed by atoms with Crippen molar-refractivity contribution < 1.29 is 20.3 Å². The first-order valence-electron chi connectivity index (χ1n) is 8.70. The Morgan fingerprint density at radius 2 is 1.52 bits per heavy atom. The molecule has 0 aliphatic carbocycles. The van der Waals surface area contributed by atoms with Gasteiger partial charge in [0.25, 0.3) is 0 Å². The standard InChI is InChI=1S/C11H18BN3O2.C6H14O2/c1-2-14-5-7-15(8-6-14)11-4-3-10(9-13-11)12(16)17;1-5(2,7)6(3,4)8/h3-4,9,16-17H,2,5-8H2,1H3;7-8H,1-4H3. The third kappa shape index (κ3) is 6.91. The van der Waals surface area contributed by atoms with Crippen molar-refractivity contribution in [1.29, 1.82) is 0 Å². The average molecular weight is 353 g/mol. The first kappa shape index (κ1) is 21.9. The summed E-state index contributed by atoms with van der Waals surface area (Å²) in [5.41, 5.74) is -1.58. The number of likely N-dealkylation sites (N-methyl/N-ethyl adjacent to an activating group) is 1. The molecule has 0 spiro atoms. The molecule has 0 unspecified atom stereocenters. The maximum atomic E-state index is 9.10. The highest BCUT2D eigenvalue weighted by Crippen LogP contribution is 2.19. The Bertz CT molecular complexity index is 492. The van der Waals surface area contributed by atoms with Gasteiger partial charge in [-0.15, -0.1) is 0 Å². The molecule has 1 aromatic heterocycles. The van der Waals surface area contributed by atoms with Crippen LogP contribution >= 0.6 is 0 Å². The van der Waals surface area contributed by atoms with Crippen molar-refractivity contribution in [2.45, 2.75) is 45.8 Å². The number of aliphatic hydroxyl groups is 2. The molecular weight excluding hydrogens is 321 g/mol. The van der Waals surface area contributed by atoms with E-state index in [1.54, 1.807) is 33.8 Å². The summed E-state index contributed by atoms with van der Waals surface area (Å²) >= 11 is 0. The molecule has 1 fully saturated rings. The molecule has 2 rings (SSSR count). The van der Waals surface area contributed by atoms with Gasteiger partial charge in [0, 0.05) is 37.8 Å². The van der Waals surface area contributed by atoms with Gasteiger partial charge in [0.15, 0.2) is 0 Å². The van der Waals surface area contributed by atoms with E-state index < -0.39 is 18.3 Å². The third-order valence-electron chi connectivity index (χ3n) is 4.71. The summed E-state index contributed by atoms with van der Waals surface area (Å²) in [4.78, 5) is 8.89. The fourth-order valence-corrected chi connectivity index (χ4v) is 2.03. The summed E-state index contributed by atoms with van der Waals surface area (Å²) < 4.78 is 0. The number of anilines is 1. The van der Waals surface area contributed by atoms with E-state index >= 15 is 0 Å². The molecular formula is C17H32BN3O4. The molecule has 2 heterocycles. The molecule has 0 aromatic carbocycles. The highest BCUT2D eigenvalue weighted by Gasteiger charge is 2.31. The van der Waals surface area contributed by atoms with Gasteiger partial charge in [-0.25, -0.2) is 4.98 Å². The highest BCUT2D eigenvalue weighted by molar-refractivity contribution is 6.58. The zero-order valence-electron chi connectivity index (χ0n) is 16.0. The van der Waals surface area contributed by atoms with Gasteiger partial charge in [-0.3, -0.25) is 0 Å². The van der Waals surface area contributed by atoms with Crippen molar-refractivity contribution in [2.24, 2.45) is 0 Å². The summed E-state index contributed by atoms with van der Waals surface area (Å²) in [5.74, 6) is 0.908.